The first kappa shape index (κ1) is 18.8. The van der Waals surface area contributed by atoms with Crippen molar-refractivity contribution in [1.29, 1.82) is 0 Å². The van der Waals surface area contributed by atoms with Gasteiger partial charge in [0, 0.05) is 43.7 Å². The second kappa shape index (κ2) is 8.25. The summed E-state index contributed by atoms with van der Waals surface area (Å²) >= 11 is 6.14. The molecule has 2 heterocycles. The number of pyridine rings is 1. The summed E-state index contributed by atoms with van der Waals surface area (Å²) in [5.41, 5.74) is 1.99. The Labute approximate surface area is 168 Å². The van der Waals surface area contributed by atoms with Crippen LogP contribution in [-0.2, 0) is 6.54 Å². The summed E-state index contributed by atoms with van der Waals surface area (Å²) in [5.74, 6) is -0.217. The van der Waals surface area contributed by atoms with E-state index in [0.29, 0.717) is 48.0 Å². The van der Waals surface area contributed by atoms with Gasteiger partial charge < -0.3 is 4.90 Å². The quantitative estimate of drug-likeness (QED) is 0.615. The minimum absolute atomic E-state index is 0.0340. The maximum atomic E-state index is 13.9. The fourth-order valence-electron chi connectivity index (χ4n) is 3.69. The molecule has 0 N–H and O–H groups in total. The molecule has 0 atom stereocenters. The van der Waals surface area contributed by atoms with Gasteiger partial charge in [-0.1, -0.05) is 48.0 Å². The average molecular weight is 398 g/mol. The third-order valence-electron chi connectivity index (χ3n) is 5.14. The molecule has 1 aliphatic heterocycles. The van der Waals surface area contributed by atoms with Crippen molar-refractivity contribution in [2.75, 3.05) is 26.2 Å². The van der Waals surface area contributed by atoms with Gasteiger partial charge in [0.25, 0.3) is 5.91 Å². The Morgan fingerprint density at radius 2 is 1.82 bits per heavy atom. The Kier molecular flexibility index (Phi) is 5.55. The van der Waals surface area contributed by atoms with E-state index >= 15 is 0 Å². The molecule has 1 fully saturated rings. The van der Waals surface area contributed by atoms with E-state index in [1.54, 1.807) is 12.1 Å². The Morgan fingerprint density at radius 1 is 1.04 bits per heavy atom. The normalized spacial score (nSPS) is 15.6. The summed E-state index contributed by atoms with van der Waals surface area (Å²) in [6, 6.07) is 16.0. The Bertz CT molecular complexity index is 1010. The molecule has 4 nitrogen and oxygen atoms in total. The van der Waals surface area contributed by atoms with Gasteiger partial charge in [0.1, 0.15) is 11.0 Å². The zero-order valence-electron chi connectivity index (χ0n) is 15.4. The van der Waals surface area contributed by atoms with Crippen LogP contribution in [0.4, 0.5) is 4.39 Å². The largest absolute Gasteiger partial charge is 0.337 e. The fraction of sp³-hybridized carbons (Fsp3) is 0.273. The Morgan fingerprint density at radius 3 is 2.68 bits per heavy atom. The third-order valence-corrected chi connectivity index (χ3v) is 5.34. The molecule has 1 saturated heterocycles. The van der Waals surface area contributed by atoms with Crippen LogP contribution in [0.5, 0.6) is 0 Å². The highest BCUT2D eigenvalue weighted by atomic mass is 35.5. The molecule has 0 aliphatic carbocycles. The fourth-order valence-corrected chi connectivity index (χ4v) is 3.89. The molecule has 1 amide bonds. The van der Waals surface area contributed by atoms with Crippen LogP contribution in [0.1, 0.15) is 22.3 Å². The van der Waals surface area contributed by atoms with Gasteiger partial charge in [-0.05, 0) is 24.6 Å². The highest BCUT2D eigenvalue weighted by molar-refractivity contribution is 6.30. The minimum atomic E-state index is -0.183. The van der Waals surface area contributed by atoms with Crippen molar-refractivity contribution < 1.29 is 9.18 Å². The number of hydrogen-bond donors (Lipinski definition) is 0. The molecule has 0 saturated carbocycles. The topological polar surface area (TPSA) is 36.4 Å². The van der Waals surface area contributed by atoms with Crippen LogP contribution < -0.4 is 0 Å². The van der Waals surface area contributed by atoms with Gasteiger partial charge in [-0.2, -0.15) is 0 Å². The number of halogens is 2. The Balaban J connectivity index is 1.50. The first-order valence-electron chi connectivity index (χ1n) is 9.42. The van der Waals surface area contributed by atoms with E-state index in [-0.39, 0.29) is 11.7 Å². The van der Waals surface area contributed by atoms with E-state index in [2.05, 4.69) is 9.88 Å². The lowest BCUT2D eigenvalue weighted by Gasteiger charge is -2.23. The van der Waals surface area contributed by atoms with E-state index in [0.717, 1.165) is 18.4 Å². The smallest absolute Gasteiger partial charge is 0.254 e. The number of nitrogens with zero attached hydrogens (tertiary/aromatic N) is 3. The molecular weight excluding hydrogens is 377 g/mol. The highest BCUT2D eigenvalue weighted by Crippen LogP contribution is 2.23. The van der Waals surface area contributed by atoms with Gasteiger partial charge >= 0.3 is 0 Å². The van der Waals surface area contributed by atoms with Gasteiger partial charge in [0.05, 0.1) is 11.1 Å². The molecule has 0 unspecified atom stereocenters. The maximum Gasteiger partial charge on any atom is 0.254 e. The number of para-hydroxylation sites is 1. The lowest BCUT2D eigenvalue weighted by molar-refractivity contribution is 0.0763. The number of carbonyl (C=O) groups is 1. The van der Waals surface area contributed by atoms with Gasteiger partial charge in [0.2, 0.25) is 0 Å². The number of fused-ring (bicyclic) bond motifs is 1. The summed E-state index contributed by atoms with van der Waals surface area (Å²) in [6.07, 6.45) is 0.844. The minimum Gasteiger partial charge on any atom is -0.337 e. The molecule has 28 heavy (non-hydrogen) atoms. The standard InChI is InChI=1S/C22H21ClFN3O/c23-21-14-18(17-7-2-4-9-20(17)25-21)22(28)27-11-5-10-26(12-13-27)15-16-6-1-3-8-19(16)24/h1-4,6-9,14H,5,10-13,15H2. The summed E-state index contributed by atoms with van der Waals surface area (Å²) < 4.78 is 13.9. The lowest BCUT2D eigenvalue weighted by Crippen LogP contribution is -2.35. The number of hydrogen-bond acceptors (Lipinski definition) is 3. The van der Waals surface area contributed by atoms with Crippen LogP contribution >= 0.6 is 11.6 Å². The van der Waals surface area contributed by atoms with Gasteiger partial charge in [-0.3, -0.25) is 9.69 Å². The molecular formula is C22H21ClFN3O. The second-order valence-corrected chi connectivity index (χ2v) is 7.41. The van der Waals surface area contributed by atoms with Gasteiger partial charge in [0.15, 0.2) is 0 Å². The molecule has 1 aromatic heterocycles. The van der Waals surface area contributed by atoms with E-state index in [1.807, 2.05) is 41.3 Å². The first-order chi connectivity index (χ1) is 13.6. The lowest BCUT2D eigenvalue weighted by atomic mass is 10.1. The molecule has 2 aromatic carbocycles. The van der Waals surface area contributed by atoms with Crippen molar-refractivity contribution in [3.05, 3.63) is 76.7 Å². The summed E-state index contributed by atoms with van der Waals surface area (Å²) in [7, 11) is 0. The van der Waals surface area contributed by atoms with Crippen LogP contribution in [0.25, 0.3) is 10.9 Å². The van der Waals surface area contributed by atoms with Crippen molar-refractivity contribution >= 4 is 28.4 Å². The maximum absolute atomic E-state index is 13.9. The third kappa shape index (κ3) is 4.01. The second-order valence-electron chi connectivity index (χ2n) is 7.02. The average Bonchev–Trinajstić information content (AvgIpc) is 2.94. The van der Waals surface area contributed by atoms with Crippen molar-refractivity contribution in [2.24, 2.45) is 0 Å². The van der Waals surface area contributed by atoms with Crippen LogP contribution in [0.15, 0.2) is 54.6 Å². The molecule has 0 radical (unpaired) electrons. The molecule has 4 rings (SSSR count). The summed E-state index contributed by atoms with van der Waals surface area (Å²) in [4.78, 5) is 21.6. The Hall–Kier alpha value is -2.50. The van der Waals surface area contributed by atoms with Crippen LogP contribution in [0.3, 0.4) is 0 Å². The molecule has 6 heteroatoms. The SMILES string of the molecule is O=C(c1cc(Cl)nc2ccccc12)N1CCCN(Cc2ccccc2F)CC1. The first-order valence-corrected chi connectivity index (χ1v) is 9.80. The van der Waals surface area contributed by atoms with Crippen LogP contribution in [-0.4, -0.2) is 46.9 Å². The molecule has 0 spiro atoms. The number of amides is 1. The predicted molar refractivity (Wildman–Crippen MR) is 109 cm³/mol. The van der Waals surface area contributed by atoms with Crippen LogP contribution in [0.2, 0.25) is 5.15 Å². The molecule has 0 bridgehead atoms. The number of benzene rings is 2. The highest BCUT2D eigenvalue weighted by Gasteiger charge is 2.23. The monoisotopic (exact) mass is 397 g/mol. The summed E-state index contributed by atoms with van der Waals surface area (Å²) in [5, 5.41) is 1.13. The number of aromatic nitrogens is 1. The van der Waals surface area contributed by atoms with Crippen molar-refractivity contribution in [1.82, 2.24) is 14.8 Å². The van der Waals surface area contributed by atoms with Crippen molar-refractivity contribution in [3.8, 4) is 0 Å². The number of carbonyl (C=O) groups excluding carboxylic acids is 1. The van der Waals surface area contributed by atoms with Gasteiger partial charge in [-0.25, -0.2) is 9.37 Å². The molecule has 144 valence electrons. The zero-order valence-corrected chi connectivity index (χ0v) is 16.2. The van der Waals surface area contributed by atoms with Crippen LogP contribution in [0, 0.1) is 5.82 Å². The predicted octanol–water partition coefficient (Wildman–Crippen LogP) is 4.38. The van der Waals surface area contributed by atoms with E-state index < -0.39 is 0 Å². The van der Waals surface area contributed by atoms with Gasteiger partial charge in [-0.15, -0.1) is 0 Å². The van der Waals surface area contributed by atoms with E-state index in [9.17, 15) is 9.18 Å². The van der Waals surface area contributed by atoms with E-state index in [4.69, 9.17) is 11.6 Å². The van der Waals surface area contributed by atoms with E-state index in [1.165, 1.54) is 6.07 Å². The number of rotatable bonds is 3. The molecule has 3 aromatic rings. The van der Waals surface area contributed by atoms with Crippen molar-refractivity contribution in [2.45, 2.75) is 13.0 Å². The van der Waals surface area contributed by atoms with Crippen molar-refractivity contribution in [3.63, 3.8) is 0 Å². The summed E-state index contributed by atoms with van der Waals surface area (Å²) in [6.45, 7) is 3.36. The molecule has 1 aliphatic rings. The zero-order chi connectivity index (χ0) is 19.5.